The van der Waals surface area contributed by atoms with Gasteiger partial charge < -0.3 is 14.4 Å². The fourth-order valence-electron chi connectivity index (χ4n) is 1.63. The van der Waals surface area contributed by atoms with Crippen molar-refractivity contribution in [2.75, 3.05) is 6.54 Å². The van der Waals surface area contributed by atoms with Crippen LogP contribution in [0.3, 0.4) is 0 Å². The number of aliphatic carboxylic acids is 1. The molecule has 0 aliphatic rings. The molecule has 0 unspecified atom stereocenters. The Morgan fingerprint density at radius 1 is 1.39 bits per heavy atom. The topological polar surface area (TPSA) is 70.8 Å². The van der Waals surface area contributed by atoms with Gasteiger partial charge in [-0.1, -0.05) is 6.92 Å². The predicted octanol–water partition coefficient (Wildman–Crippen LogP) is 2.17. The summed E-state index contributed by atoms with van der Waals surface area (Å²) in [6.07, 6.45) is 0.662. The molecule has 0 atom stereocenters. The van der Waals surface area contributed by atoms with E-state index in [2.05, 4.69) is 0 Å². The van der Waals surface area contributed by atoms with Crippen LogP contribution < -0.4 is 0 Å². The number of rotatable bonds is 6. The Morgan fingerprint density at radius 2 is 2.06 bits per heavy atom. The lowest BCUT2D eigenvalue weighted by Crippen LogP contribution is -2.38. The molecule has 0 aliphatic carbocycles. The van der Waals surface area contributed by atoms with Gasteiger partial charge >= 0.3 is 5.97 Å². The highest BCUT2D eigenvalue weighted by atomic mass is 16.4. The zero-order valence-electron chi connectivity index (χ0n) is 11.0. The number of amides is 1. The minimum atomic E-state index is -0.915. The number of aryl methyl sites for hydroxylation is 1. The number of nitrogens with zero attached hydrogens (tertiary/aromatic N) is 1. The van der Waals surface area contributed by atoms with Gasteiger partial charge in [-0.3, -0.25) is 9.59 Å². The number of carbonyl (C=O) groups is 2. The van der Waals surface area contributed by atoms with Gasteiger partial charge in [-0.2, -0.15) is 0 Å². The summed E-state index contributed by atoms with van der Waals surface area (Å²) in [5.74, 6) is -0.153. The Bertz CT molecular complexity index is 422. The summed E-state index contributed by atoms with van der Waals surface area (Å²) in [6.45, 7) is 5.83. The Labute approximate surface area is 106 Å². The van der Waals surface area contributed by atoms with E-state index in [0.717, 1.165) is 12.2 Å². The second kappa shape index (κ2) is 6.23. The lowest BCUT2D eigenvalue weighted by atomic mass is 10.2. The maximum absolute atomic E-state index is 12.2. The molecule has 0 bridgehead atoms. The van der Waals surface area contributed by atoms with Gasteiger partial charge in [0.25, 0.3) is 5.91 Å². The van der Waals surface area contributed by atoms with Crippen molar-refractivity contribution in [3.63, 3.8) is 0 Å². The van der Waals surface area contributed by atoms with Crippen molar-refractivity contribution in [2.45, 2.75) is 39.7 Å². The third-order valence-electron chi connectivity index (χ3n) is 2.67. The molecular weight excluding hydrogens is 234 g/mol. The van der Waals surface area contributed by atoms with Crippen LogP contribution in [0.2, 0.25) is 0 Å². The molecule has 18 heavy (non-hydrogen) atoms. The lowest BCUT2D eigenvalue weighted by molar-refractivity contribution is -0.137. The smallest absolute Gasteiger partial charge is 0.305 e. The quantitative estimate of drug-likeness (QED) is 0.843. The Kier molecular flexibility index (Phi) is 4.95. The number of carboxylic acids is 1. The van der Waals surface area contributed by atoms with E-state index in [1.165, 1.54) is 4.90 Å². The molecule has 5 heteroatoms. The highest BCUT2D eigenvalue weighted by Gasteiger charge is 2.22. The molecule has 0 spiro atoms. The molecule has 0 saturated carbocycles. The van der Waals surface area contributed by atoms with Gasteiger partial charge in [0.05, 0.1) is 6.42 Å². The van der Waals surface area contributed by atoms with Gasteiger partial charge in [-0.25, -0.2) is 0 Å². The molecule has 0 radical (unpaired) electrons. The third-order valence-corrected chi connectivity index (χ3v) is 2.67. The van der Waals surface area contributed by atoms with Crippen molar-refractivity contribution in [3.05, 3.63) is 23.7 Å². The van der Waals surface area contributed by atoms with E-state index in [1.807, 2.05) is 20.8 Å². The van der Waals surface area contributed by atoms with E-state index in [4.69, 9.17) is 9.52 Å². The normalized spacial score (nSPS) is 10.7. The van der Waals surface area contributed by atoms with Gasteiger partial charge in [-0.05, 0) is 26.0 Å². The molecule has 0 fully saturated rings. The number of furan rings is 1. The van der Waals surface area contributed by atoms with Gasteiger partial charge in [0.1, 0.15) is 5.76 Å². The molecule has 5 nitrogen and oxygen atoms in total. The highest BCUT2D eigenvalue weighted by molar-refractivity contribution is 5.92. The van der Waals surface area contributed by atoms with Crippen LogP contribution in [0.15, 0.2) is 16.5 Å². The Hall–Kier alpha value is -1.78. The van der Waals surface area contributed by atoms with Crippen LogP contribution in [0.5, 0.6) is 0 Å². The molecule has 1 rings (SSSR count). The molecule has 1 aromatic heterocycles. The summed E-state index contributed by atoms with van der Waals surface area (Å²) in [4.78, 5) is 24.2. The Balaban J connectivity index is 2.78. The first-order valence-electron chi connectivity index (χ1n) is 6.07. The van der Waals surface area contributed by atoms with Crippen molar-refractivity contribution in [1.82, 2.24) is 4.90 Å². The first-order chi connectivity index (χ1) is 8.45. The largest absolute Gasteiger partial charge is 0.481 e. The number of carbonyl (C=O) groups excluding carboxylic acids is 1. The van der Waals surface area contributed by atoms with E-state index in [-0.39, 0.29) is 30.7 Å². The third kappa shape index (κ3) is 3.61. The van der Waals surface area contributed by atoms with Gasteiger partial charge in [0, 0.05) is 19.0 Å². The fraction of sp³-hybridized carbons (Fsp3) is 0.538. The molecule has 100 valence electrons. The molecular formula is C13H19NO4. The van der Waals surface area contributed by atoms with Crippen LogP contribution in [0, 0.1) is 0 Å². The van der Waals surface area contributed by atoms with E-state index in [1.54, 1.807) is 12.1 Å². The lowest BCUT2D eigenvalue weighted by Gasteiger charge is -2.25. The van der Waals surface area contributed by atoms with Gasteiger partial charge in [0.2, 0.25) is 0 Å². The highest BCUT2D eigenvalue weighted by Crippen LogP contribution is 2.13. The maximum atomic E-state index is 12.2. The number of carboxylic acid groups (broad SMARTS) is 1. The summed E-state index contributed by atoms with van der Waals surface area (Å²) in [5, 5.41) is 8.68. The average molecular weight is 253 g/mol. The second-order valence-electron chi connectivity index (χ2n) is 4.36. The molecule has 0 aliphatic heterocycles. The van der Waals surface area contributed by atoms with Crippen LogP contribution in [0.25, 0.3) is 0 Å². The molecule has 0 aromatic carbocycles. The molecule has 1 heterocycles. The summed E-state index contributed by atoms with van der Waals surface area (Å²) in [5.41, 5.74) is 0. The van der Waals surface area contributed by atoms with E-state index in [9.17, 15) is 9.59 Å². The summed E-state index contributed by atoms with van der Waals surface area (Å²) in [6, 6.07) is 3.34. The fourth-order valence-corrected chi connectivity index (χ4v) is 1.63. The van der Waals surface area contributed by atoms with Crippen LogP contribution in [-0.2, 0) is 11.2 Å². The minimum absolute atomic E-state index is 0.0629. The Morgan fingerprint density at radius 3 is 2.50 bits per heavy atom. The maximum Gasteiger partial charge on any atom is 0.305 e. The van der Waals surface area contributed by atoms with Crippen molar-refractivity contribution >= 4 is 11.9 Å². The minimum Gasteiger partial charge on any atom is -0.481 e. The summed E-state index contributed by atoms with van der Waals surface area (Å²) >= 11 is 0. The zero-order valence-corrected chi connectivity index (χ0v) is 11.0. The predicted molar refractivity (Wildman–Crippen MR) is 66.5 cm³/mol. The second-order valence-corrected chi connectivity index (χ2v) is 4.36. The van der Waals surface area contributed by atoms with Crippen molar-refractivity contribution < 1.29 is 19.1 Å². The monoisotopic (exact) mass is 253 g/mol. The van der Waals surface area contributed by atoms with Crippen molar-refractivity contribution in [3.8, 4) is 0 Å². The molecule has 0 saturated heterocycles. The summed E-state index contributed by atoms with van der Waals surface area (Å²) < 4.78 is 5.39. The van der Waals surface area contributed by atoms with Crippen LogP contribution in [0.1, 0.15) is 43.5 Å². The van der Waals surface area contributed by atoms with E-state index in [0.29, 0.717) is 0 Å². The van der Waals surface area contributed by atoms with E-state index >= 15 is 0 Å². The molecule has 1 N–H and O–H groups in total. The van der Waals surface area contributed by atoms with Crippen molar-refractivity contribution in [1.29, 1.82) is 0 Å². The first kappa shape index (κ1) is 14.3. The van der Waals surface area contributed by atoms with Gasteiger partial charge in [-0.15, -0.1) is 0 Å². The SMILES string of the molecule is CCc1ccc(C(=O)N(CCC(=O)O)C(C)C)o1. The van der Waals surface area contributed by atoms with Crippen molar-refractivity contribution in [2.24, 2.45) is 0 Å². The number of hydrogen-bond donors (Lipinski definition) is 1. The zero-order chi connectivity index (χ0) is 13.7. The van der Waals surface area contributed by atoms with Crippen LogP contribution >= 0.6 is 0 Å². The standard InChI is InChI=1S/C13H19NO4/c1-4-10-5-6-11(18-10)13(17)14(9(2)3)8-7-12(15)16/h5-6,9H,4,7-8H2,1-3H3,(H,15,16). The number of hydrogen-bond acceptors (Lipinski definition) is 3. The first-order valence-corrected chi connectivity index (χ1v) is 6.07. The molecule has 1 aromatic rings. The van der Waals surface area contributed by atoms with Crippen LogP contribution in [-0.4, -0.2) is 34.5 Å². The average Bonchev–Trinajstić information content (AvgIpc) is 2.76. The van der Waals surface area contributed by atoms with Gasteiger partial charge in [0.15, 0.2) is 5.76 Å². The summed E-state index contributed by atoms with van der Waals surface area (Å²) in [7, 11) is 0. The van der Waals surface area contributed by atoms with Crippen LogP contribution in [0.4, 0.5) is 0 Å². The molecule has 1 amide bonds. The van der Waals surface area contributed by atoms with E-state index < -0.39 is 5.97 Å².